The van der Waals surface area contributed by atoms with E-state index in [1.54, 1.807) is 12.1 Å². The summed E-state index contributed by atoms with van der Waals surface area (Å²) in [6, 6.07) is 9.11. The lowest BCUT2D eigenvalue weighted by Crippen LogP contribution is -2.54. The summed E-state index contributed by atoms with van der Waals surface area (Å²) < 4.78 is 41.4. The lowest BCUT2D eigenvalue weighted by atomic mass is 10.0. The third-order valence-corrected chi connectivity index (χ3v) is 8.49. The molecular weight excluding hydrogens is 638 g/mol. The zero-order valence-corrected chi connectivity index (χ0v) is 25.2. The summed E-state index contributed by atoms with van der Waals surface area (Å²) >= 11 is 5.96. The van der Waals surface area contributed by atoms with Crippen LogP contribution in [-0.2, 0) is 20.9 Å². The Morgan fingerprint density at radius 2 is 1.89 bits per heavy atom. The van der Waals surface area contributed by atoms with Crippen molar-refractivity contribution in [3.05, 3.63) is 82.1 Å². The first-order valence-electron chi connectivity index (χ1n) is 14.7. The zero-order chi connectivity index (χ0) is 32.8. The van der Waals surface area contributed by atoms with Crippen LogP contribution in [0.1, 0.15) is 45.5 Å². The van der Waals surface area contributed by atoms with E-state index in [-0.39, 0.29) is 41.6 Å². The van der Waals surface area contributed by atoms with Crippen molar-refractivity contribution in [2.24, 2.45) is 0 Å². The number of nitrogens with one attached hydrogen (secondary N) is 3. The fraction of sp³-hybridized carbons (Fsp3) is 0.250. The Balaban J connectivity index is 1.19. The molecule has 47 heavy (non-hydrogen) atoms. The maximum absolute atomic E-state index is 15.9. The molecule has 3 aliphatic heterocycles. The van der Waals surface area contributed by atoms with Crippen LogP contribution in [0.4, 0.5) is 26.0 Å². The number of rotatable bonds is 8. The fourth-order valence-electron chi connectivity index (χ4n) is 5.80. The first kappa shape index (κ1) is 30.4. The number of anilines is 3. The van der Waals surface area contributed by atoms with E-state index in [0.717, 1.165) is 0 Å². The fourth-order valence-corrected chi connectivity index (χ4v) is 5.98. The van der Waals surface area contributed by atoms with Gasteiger partial charge in [-0.05, 0) is 36.8 Å². The summed E-state index contributed by atoms with van der Waals surface area (Å²) in [5, 5.41) is 8.91. The highest BCUT2D eigenvalue weighted by atomic mass is 35.5. The number of carbonyl (C=O) groups is 4. The molecule has 4 heterocycles. The second kappa shape index (κ2) is 12.2. The van der Waals surface area contributed by atoms with Gasteiger partial charge in [0.2, 0.25) is 11.8 Å². The maximum Gasteiger partial charge on any atom is 0.265 e. The molecule has 0 aliphatic carbocycles. The van der Waals surface area contributed by atoms with Crippen LogP contribution < -0.4 is 20.7 Å². The first-order valence-corrected chi connectivity index (χ1v) is 15.1. The number of imide groups is 2. The standard InChI is InChI=1S/C32H25ClF2N6O6/c33-20-9-16(2-4-21(20)34)39-29-19-10-23(25(11-22(19)37-14-38-29)47-17-7-8-46-13-17)36-12-15-1-3-18-27(28(15)35)32(45)41(31(18)44)24-5-6-26(42)40-30(24)43/h1-4,9-11,14,17,24,36H,5-8,12-13H2,(H,37,38,39)(H,40,42,43)/t17-,24?/m0/s1. The van der Waals surface area contributed by atoms with Gasteiger partial charge in [-0.15, -0.1) is 0 Å². The second-order valence-corrected chi connectivity index (χ2v) is 11.6. The van der Waals surface area contributed by atoms with Gasteiger partial charge in [-0.1, -0.05) is 17.7 Å². The molecule has 0 saturated carbocycles. The SMILES string of the molecule is O=C1CCC(N2C(=O)c3ccc(CNc4cc5c(Nc6ccc(F)c(Cl)c6)ncnc5cc4O[C@H]4CCOC4)c(F)c3C2=O)C(=O)N1. The molecule has 3 aliphatic rings. The normalized spacial score (nSPS) is 19.3. The molecule has 4 aromatic rings. The first-order chi connectivity index (χ1) is 22.7. The number of aromatic nitrogens is 2. The number of carbonyl (C=O) groups excluding carboxylic acids is 4. The van der Waals surface area contributed by atoms with Crippen LogP contribution in [0.3, 0.4) is 0 Å². The number of halogens is 3. The zero-order valence-electron chi connectivity index (χ0n) is 24.4. The third-order valence-electron chi connectivity index (χ3n) is 8.20. The van der Waals surface area contributed by atoms with E-state index < -0.39 is 46.9 Å². The molecule has 2 fully saturated rings. The van der Waals surface area contributed by atoms with Gasteiger partial charge < -0.3 is 20.1 Å². The van der Waals surface area contributed by atoms with Crippen molar-refractivity contribution in [3.8, 4) is 5.75 Å². The Hall–Kier alpha value is -5.21. The molecular formula is C32H25ClF2N6O6. The molecule has 2 atom stereocenters. The smallest absolute Gasteiger partial charge is 0.265 e. The Bertz CT molecular complexity index is 1990. The van der Waals surface area contributed by atoms with Crippen LogP contribution in [0.2, 0.25) is 5.02 Å². The number of hydrogen-bond donors (Lipinski definition) is 3. The lowest BCUT2D eigenvalue weighted by Gasteiger charge is -2.27. The number of fused-ring (bicyclic) bond motifs is 2. The molecule has 1 unspecified atom stereocenters. The van der Waals surface area contributed by atoms with E-state index >= 15 is 4.39 Å². The molecule has 0 radical (unpaired) electrons. The van der Waals surface area contributed by atoms with Crippen molar-refractivity contribution >= 4 is 63.3 Å². The summed E-state index contributed by atoms with van der Waals surface area (Å²) in [7, 11) is 0. The van der Waals surface area contributed by atoms with Gasteiger partial charge in [0.15, 0.2) is 0 Å². The van der Waals surface area contributed by atoms with Crippen molar-refractivity contribution in [1.82, 2.24) is 20.2 Å². The van der Waals surface area contributed by atoms with E-state index in [0.29, 0.717) is 58.4 Å². The van der Waals surface area contributed by atoms with Crippen molar-refractivity contribution in [1.29, 1.82) is 0 Å². The van der Waals surface area contributed by atoms with Gasteiger partial charge >= 0.3 is 0 Å². The molecule has 12 nitrogen and oxygen atoms in total. The van der Waals surface area contributed by atoms with Gasteiger partial charge in [0, 0.05) is 42.1 Å². The molecule has 2 saturated heterocycles. The number of piperidine rings is 1. The predicted molar refractivity (Wildman–Crippen MR) is 164 cm³/mol. The predicted octanol–water partition coefficient (Wildman–Crippen LogP) is 4.49. The van der Waals surface area contributed by atoms with E-state index in [4.69, 9.17) is 21.1 Å². The number of ether oxygens (including phenoxy) is 2. The van der Waals surface area contributed by atoms with Crippen LogP contribution in [0.25, 0.3) is 10.9 Å². The van der Waals surface area contributed by atoms with Crippen LogP contribution in [0.5, 0.6) is 5.75 Å². The van der Waals surface area contributed by atoms with Crippen LogP contribution in [0, 0.1) is 11.6 Å². The molecule has 7 rings (SSSR count). The Morgan fingerprint density at radius 3 is 2.66 bits per heavy atom. The Labute approximate surface area is 270 Å². The van der Waals surface area contributed by atoms with Gasteiger partial charge in [-0.2, -0.15) is 0 Å². The van der Waals surface area contributed by atoms with E-state index in [2.05, 4.69) is 25.9 Å². The lowest BCUT2D eigenvalue weighted by molar-refractivity contribution is -0.136. The van der Waals surface area contributed by atoms with Gasteiger partial charge in [0.1, 0.15) is 41.7 Å². The highest BCUT2D eigenvalue weighted by Crippen LogP contribution is 2.36. The largest absolute Gasteiger partial charge is 0.486 e. The van der Waals surface area contributed by atoms with Crippen LogP contribution in [0.15, 0.2) is 48.8 Å². The van der Waals surface area contributed by atoms with Crippen molar-refractivity contribution in [2.75, 3.05) is 23.8 Å². The van der Waals surface area contributed by atoms with E-state index in [1.807, 2.05) is 0 Å². The molecule has 1 aromatic heterocycles. The highest BCUT2D eigenvalue weighted by molar-refractivity contribution is 6.31. The van der Waals surface area contributed by atoms with E-state index in [9.17, 15) is 23.6 Å². The molecule has 3 aromatic carbocycles. The van der Waals surface area contributed by atoms with Gasteiger partial charge in [0.25, 0.3) is 11.8 Å². The number of hydrogen-bond acceptors (Lipinski definition) is 10. The van der Waals surface area contributed by atoms with Crippen LogP contribution >= 0.6 is 11.6 Å². The highest BCUT2D eigenvalue weighted by Gasteiger charge is 2.46. The quantitative estimate of drug-likeness (QED) is 0.230. The molecule has 240 valence electrons. The van der Waals surface area contributed by atoms with Crippen LogP contribution in [-0.4, -0.2) is 63.9 Å². The second-order valence-electron chi connectivity index (χ2n) is 11.2. The average Bonchev–Trinajstić information content (AvgIpc) is 3.65. The minimum Gasteiger partial charge on any atom is -0.486 e. The Kier molecular flexibility index (Phi) is 7.90. The molecule has 15 heteroatoms. The van der Waals surface area contributed by atoms with Crippen molar-refractivity contribution in [3.63, 3.8) is 0 Å². The number of nitrogens with zero attached hydrogens (tertiary/aromatic N) is 3. The number of benzene rings is 3. The minimum absolute atomic E-state index is 0.0439. The minimum atomic E-state index is -1.21. The van der Waals surface area contributed by atoms with Gasteiger partial charge in [-0.25, -0.2) is 18.7 Å². The summed E-state index contributed by atoms with van der Waals surface area (Å²) in [4.78, 5) is 59.8. The van der Waals surface area contributed by atoms with Crippen molar-refractivity contribution in [2.45, 2.75) is 38.0 Å². The summed E-state index contributed by atoms with van der Waals surface area (Å²) in [6.45, 7) is 0.811. The maximum atomic E-state index is 15.9. The van der Waals surface area contributed by atoms with E-state index in [1.165, 1.54) is 36.7 Å². The monoisotopic (exact) mass is 662 g/mol. The molecule has 0 spiro atoms. The summed E-state index contributed by atoms with van der Waals surface area (Å²) in [5.41, 5.74) is 0.943. The third kappa shape index (κ3) is 5.70. The van der Waals surface area contributed by atoms with Crippen molar-refractivity contribution < 1.29 is 37.4 Å². The Morgan fingerprint density at radius 1 is 1.04 bits per heavy atom. The van der Waals surface area contributed by atoms with Gasteiger partial charge in [0.05, 0.1) is 40.6 Å². The summed E-state index contributed by atoms with van der Waals surface area (Å²) in [5.74, 6) is -3.70. The van der Waals surface area contributed by atoms with Gasteiger partial charge in [-0.3, -0.25) is 29.4 Å². The molecule has 0 bridgehead atoms. The number of amides is 4. The average molecular weight is 663 g/mol. The topological polar surface area (TPSA) is 152 Å². The summed E-state index contributed by atoms with van der Waals surface area (Å²) in [6.07, 6.45) is 1.70. The molecule has 4 amide bonds. The molecule has 3 N–H and O–H groups in total.